The number of aromatic carboxylic acids is 1. The first kappa shape index (κ1) is 23.9. The Morgan fingerprint density at radius 3 is 2.23 bits per heavy atom. The van der Waals surface area contributed by atoms with Gasteiger partial charge in [-0.05, 0) is 40.8 Å². The lowest BCUT2D eigenvalue weighted by molar-refractivity contribution is -0.119. The van der Waals surface area contributed by atoms with Crippen molar-refractivity contribution >= 4 is 23.7 Å². The minimum atomic E-state index is -1.34. The number of para-hydroxylation sites is 1. The number of halogens is 1. The van der Waals surface area contributed by atoms with Crippen molar-refractivity contribution in [1.29, 1.82) is 0 Å². The Bertz CT molecular complexity index is 1230. The maximum absolute atomic E-state index is 14.0. The Morgan fingerprint density at radius 1 is 0.971 bits per heavy atom. The van der Waals surface area contributed by atoms with Crippen molar-refractivity contribution in [3.05, 3.63) is 89.2 Å². The molecular weight excluding hydrogens is 451 g/mol. The topological polar surface area (TPSA) is 105 Å². The van der Waals surface area contributed by atoms with E-state index in [-0.39, 0.29) is 36.7 Å². The van der Waals surface area contributed by atoms with Gasteiger partial charge in [0.1, 0.15) is 12.4 Å². The first-order chi connectivity index (χ1) is 16.9. The number of carboxylic acid groups (broad SMARTS) is 1. The highest BCUT2D eigenvalue weighted by Gasteiger charge is 2.29. The number of benzene rings is 3. The SMILES string of the molecule is CC(CCNC(=O)OCC1c2ccccc2-c2ccccc21)C(=O)Nc1c(F)cccc1C(=O)O. The summed E-state index contributed by atoms with van der Waals surface area (Å²) >= 11 is 0. The van der Waals surface area contributed by atoms with Gasteiger partial charge in [0, 0.05) is 18.4 Å². The molecule has 0 aromatic heterocycles. The second-order valence-electron chi connectivity index (χ2n) is 8.40. The quantitative estimate of drug-likeness (QED) is 0.423. The Balaban J connectivity index is 1.27. The fraction of sp³-hybridized carbons (Fsp3) is 0.222. The van der Waals surface area contributed by atoms with Gasteiger partial charge in [-0.3, -0.25) is 4.79 Å². The maximum atomic E-state index is 14.0. The summed E-state index contributed by atoms with van der Waals surface area (Å²) in [4.78, 5) is 36.0. The third kappa shape index (κ3) is 5.16. The fourth-order valence-electron chi connectivity index (χ4n) is 4.25. The number of hydrogen-bond donors (Lipinski definition) is 3. The number of anilines is 1. The fourth-order valence-corrected chi connectivity index (χ4v) is 4.25. The van der Waals surface area contributed by atoms with Crippen LogP contribution in [0.5, 0.6) is 0 Å². The molecule has 0 aliphatic heterocycles. The van der Waals surface area contributed by atoms with Crippen LogP contribution < -0.4 is 10.6 Å². The first-order valence-electron chi connectivity index (χ1n) is 11.3. The van der Waals surface area contributed by atoms with Crippen molar-refractivity contribution in [1.82, 2.24) is 5.32 Å². The van der Waals surface area contributed by atoms with Crippen molar-refractivity contribution < 1.29 is 28.6 Å². The van der Waals surface area contributed by atoms with E-state index in [1.165, 1.54) is 12.1 Å². The number of hydrogen-bond acceptors (Lipinski definition) is 4. The van der Waals surface area contributed by atoms with Crippen molar-refractivity contribution in [3.8, 4) is 11.1 Å². The van der Waals surface area contributed by atoms with E-state index in [0.717, 1.165) is 28.3 Å². The van der Waals surface area contributed by atoms with Crippen molar-refractivity contribution in [2.24, 2.45) is 5.92 Å². The second kappa shape index (κ2) is 10.4. The molecule has 0 saturated heterocycles. The molecular formula is C27H25FN2O5. The molecule has 1 unspecified atom stereocenters. The molecule has 4 rings (SSSR count). The minimum absolute atomic E-state index is 0.0537. The maximum Gasteiger partial charge on any atom is 0.407 e. The van der Waals surface area contributed by atoms with Crippen LogP contribution >= 0.6 is 0 Å². The molecule has 0 fully saturated rings. The molecule has 8 heteroatoms. The second-order valence-corrected chi connectivity index (χ2v) is 8.40. The molecule has 1 aliphatic rings. The standard InChI is InChI=1S/C27H25FN2O5/c1-16(25(31)30-24-21(26(32)33)11-6-12-23(24)28)13-14-29-27(34)35-15-22-19-9-4-2-7-17(19)18-8-3-5-10-20(18)22/h2-12,16,22H,13-15H2,1H3,(H,29,34)(H,30,31)(H,32,33). The summed E-state index contributed by atoms with van der Waals surface area (Å²) in [5.74, 6) is -3.38. The van der Waals surface area contributed by atoms with Gasteiger partial charge in [0.2, 0.25) is 5.91 Å². The summed E-state index contributed by atoms with van der Waals surface area (Å²) in [6.45, 7) is 1.95. The third-order valence-electron chi connectivity index (χ3n) is 6.13. The monoisotopic (exact) mass is 476 g/mol. The molecule has 0 heterocycles. The van der Waals surface area contributed by atoms with Crippen LogP contribution in [0.1, 0.15) is 40.7 Å². The zero-order valence-electron chi connectivity index (χ0n) is 19.1. The predicted octanol–water partition coefficient (Wildman–Crippen LogP) is 5.03. The molecule has 1 atom stereocenters. The molecule has 7 nitrogen and oxygen atoms in total. The van der Waals surface area contributed by atoms with Gasteiger partial charge in [-0.15, -0.1) is 0 Å². The van der Waals surface area contributed by atoms with E-state index < -0.39 is 29.7 Å². The number of nitrogens with one attached hydrogen (secondary N) is 2. The van der Waals surface area contributed by atoms with Crippen LogP contribution in [0.25, 0.3) is 11.1 Å². The smallest absolute Gasteiger partial charge is 0.407 e. The average molecular weight is 477 g/mol. The summed E-state index contributed by atoms with van der Waals surface area (Å²) in [5.41, 5.74) is 3.79. The molecule has 180 valence electrons. The van der Waals surface area contributed by atoms with Crippen LogP contribution in [0, 0.1) is 11.7 Å². The van der Waals surface area contributed by atoms with Gasteiger partial charge in [0.05, 0.1) is 11.3 Å². The summed E-state index contributed by atoms with van der Waals surface area (Å²) in [7, 11) is 0. The number of amides is 2. The third-order valence-corrected chi connectivity index (χ3v) is 6.13. The van der Waals surface area contributed by atoms with Crippen LogP contribution in [0.2, 0.25) is 0 Å². The number of carboxylic acids is 1. The van der Waals surface area contributed by atoms with E-state index >= 15 is 0 Å². The Kier molecular flexibility index (Phi) is 7.10. The van der Waals surface area contributed by atoms with Gasteiger partial charge in [-0.25, -0.2) is 14.0 Å². The highest BCUT2D eigenvalue weighted by Crippen LogP contribution is 2.44. The number of rotatable bonds is 8. The Hall–Kier alpha value is -4.20. The average Bonchev–Trinajstić information content (AvgIpc) is 3.17. The number of fused-ring (bicyclic) bond motifs is 3. The predicted molar refractivity (Wildman–Crippen MR) is 129 cm³/mol. The normalized spacial score (nSPS) is 12.9. The molecule has 0 bridgehead atoms. The van der Waals surface area contributed by atoms with Crippen LogP contribution in [0.3, 0.4) is 0 Å². The summed E-state index contributed by atoms with van der Waals surface area (Å²) in [5, 5.41) is 14.2. The lowest BCUT2D eigenvalue weighted by Gasteiger charge is -2.16. The minimum Gasteiger partial charge on any atom is -0.478 e. The van der Waals surface area contributed by atoms with Gasteiger partial charge in [0.25, 0.3) is 0 Å². The van der Waals surface area contributed by atoms with E-state index in [0.29, 0.717) is 0 Å². The molecule has 3 aromatic carbocycles. The summed E-state index contributed by atoms with van der Waals surface area (Å²) in [6.07, 6.45) is -0.339. The zero-order chi connectivity index (χ0) is 24.9. The summed E-state index contributed by atoms with van der Waals surface area (Å²) < 4.78 is 19.5. The van der Waals surface area contributed by atoms with E-state index in [4.69, 9.17) is 4.74 Å². The Morgan fingerprint density at radius 2 is 1.60 bits per heavy atom. The van der Waals surface area contributed by atoms with Crippen LogP contribution in [-0.4, -0.2) is 36.2 Å². The van der Waals surface area contributed by atoms with Crippen LogP contribution in [0.4, 0.5) is 14.9 Å². The lowest BCUT2D eigenvalue weighted by atomic mass is 9.98. The van der Waals surface area contributed by atoms with E-state index in [9.17, 15) is 23.9 Å². The largest absolute Gasteiger partial charge is 0.478 e. The van der Waals surface area contributed by atoms with Crippen molar-refractivity contribution in [3.63, 3.8) is 0 Å². The van der Waals surface area contributed by atoms with Gasteiger partial charge in [-0.2, -0.15) is 0 Å². The van der Waals surface area contributed by atoms with Gasteiger partial charge in [-0.1, -0.05) is 61.5 Å². The summed E-state index contributed by atoms with van der Waals surface area (Å²) in [6, 6.07) is 19.6. The molecule has 0 radical (unpaired) electrons. The lowest BCUT2D eigenvalue weighted by Crippen LogP contribution is -2.30. The van der Waals surface area contributed by atoms with Gasteiger partial charge < -0.3 is 20.5 Å². The number of carbonyl (C=O) groups is 3. The molecule has 2 amide bonds. The highest BCUT2D eigenvalue weighted by atomic mass is 19.1. The van der Waals surface area contributed by atoms with Crippen molar-refractivity contribution in [2.45, 2.75) is 19.3 Å². The number of carbonyl (C=O) groups excluding carboxylic acids is 2. The van der Waals surface area contributed by atoms with Gasteiger partial charge >= 0.3 is 12.1 Å². The molecule has 0 spiro atoms. The highest BCUT2D eigenvalue weighted by molar-refractivity contribution is 6.01. The van der Waals surface area contributed by atoms with Gasteiger partial charge in [0.15, 0.2) is 0 Å². The molecule has 1 aliphatic carbocycles. The van der Waals surface area contributed by atoms with Crippen LogP contribution in [-0.2, 0) is 9.53 Å². The van der Waals surface area contributed by atoms with Crippen molar-refractivity contribution in [2.75, 3.05) is 18.5 Å². The van der Waals surface area contributed by atoms with E-state index in [2.05, 4.69) is 22.8 Å². The zero-order valence-corrected chi connectivity index (χ0v) is 19.1. The number of ether oxygens (including phenoxy) is 1. The molecule has 35 heavy (non-hydrogen) atoms. The first-order valence-corrected chi connectivity index (χ1v) is 11.3. The molecule has 0 saturated carbocycles. The molecule has 3 aromatic rings. The van der Waals surface area contributed by atoms with Crippen LogP contribution in [0.15, 0.2) is 66.7 Å². The van der Waals surface area contributed by atoms with E-state index in [1.807, 2.05) is 36.4 Å². The molecule has 3 N–H and O–H groups in total. The van der Waals surface area contributed by atoms with E-state index in [1.54, 1.807) is 6.92 Å². The Labute approximate surface area is 201 Å². The number of alkyl carbamates (subject to hydrolysis) is 1.